The molecule has 1 aliphatic rings. The summed E-state index contributed by atoms with van der Waals surface area (Å²) in [6.45, 7) is 3.58. The fourth-order valence-electron chi connectivity index (χ4n) is 4.10. The molecule has 1 heterocycles. The van der Waals surface area contributed by atoms with E-state index in [9.17, 15) is 9.59 Å². The Bertz CT molecular complexity index is 1030. The monoisotopic (exact) mass is 427 g/mol. The lowest BCUT2D eigenvalue weighted by atomic mass is 10.0. The van der Waals surface area contributed by atoms with Crippen LogP contribution in [-0.4, -0.2) is 29.8 Å². The van der Waals surface area contributed by atoms with E-state index in [2.05, 4.69) is 27.7 Å². The summed E-state index contributed by atoms with van der Waals surface area (Å²) >= 11 is 0. The summed E-state index contributed by atoms with van der Waals surface area (Å²) in [7, 11) is 0. The third-order valence-corrected chi connectivity index (χ3v) is 5.87. The van der Waals surface area contributed by atoms with Gasteiger partial charge in [-0.3, -0.25) is 14.5 Å². The lowest BCUT2D eigenvalue weighted by molar-refractivity contribution is -0.123. The van der Waals surface area contributed by atoms with E-state index < -0.39 is 6.04 Å². The molecule has 0 aromatic heterocycles. The molecule has 0 radical (unpaired) electrons. The zero-order valence-corrected chi connectivity index (χ0v) is 18.2. The maximum Gasteiger partial charge on any atom is 0.252 e. The first-order valence-electron chi connectivity index (χ1n) is 11.2. The minimum Gasteiger partial charge on any atom is -0.350 e. The number of amides is 2. The van der Waals surface area contributed by atoms with Gasteiger partial charge in [-0.25, -0.2) is 0 Å². The molecule has 0 aliphatic carbocycles. The summed E-state index contributed by atoms with van der Waals surface area (Å²) in [5.74, 6) is -0.500. The molecule has 0 saturated carbocycles. The number of carbonyl (C=O) groups is 2. The van der Waals surface area contributed by atoms with Crippen LogP contribution in [0.4, 0.5) is 0 Å². The van der Waals surface area contributed by atoms with E-state index in [4.69, 9.17) is 0 Å². The van der Waals surface area contributed by atoms with Gasteiger partial charge in [0.25, 0.3) is 5.91 Å². The van der Waals surface area contributed by atoms with Gasteiger partial charge in [-0.05, 0) is 54.8 Å². The average Bonchev–Trinajstić information content (AvgIpc) is 3.36. The number of hydrogen-bond acceptors (Lipinski definition) is 3. The van der Waals surface area contributed by atoms with Crippen LogP contribution in [0.1, 0.15) is 45.9 Å². The Morgan fingerprint density at radius 1 is 0.781 bits per heavy atom. The molecule has 5 heteroatoms. The van der Waals surface area contributed by atoms with Crippen molar-refractivity contribution in [3.05, 3.63) is 107 Å². The highest BCUT2D eigenvalue weighted by Crippen LogP contribution is 2.18. The van der Waals surface area contributed by atoms with Crippen molar-refractivity contribution in [2.24, 2.45) is 0 Å². The van der Waals surface area contributed by atoms with Crippen LogP contribution in [0.5, 0.6) is 0 Å². The van der Waals surface area contributed by atoms with Crippen molar-refractivity contribution in [1.82, 2.24) is 15.5 Å². The maximum atomic E-state index is 13.2. The quantitative estimate of drug-likeness (QED) is 0.570. The number of carbonyl (C=O) groups excluding carboxylic acids is 2. The Morgan fingerprint density at radius 3 is 2.06 bits per heavy atom. The van der Waals surface area contributed by atoms with E-state index in [0.29, 0.717) is 12.1 Å². The molecule has 1 atom stereocenters. The van der Waals surface area contributed by atoms with Gasteiger partial charge in [-0.2, -0.15) is 0 Å². The first kappa shape index (κ1) is 21.8. The molecule has 0 spiro atoms. The van der Waals surface area contributed by atoms with Crippen LogP contribution in [0.3, 0.4) is 0 Å². The zero-order valence-electron chi connectivity index (χ0n) is 18.2. The number of likely N-dealkylation sites (tertiary alicyclic amines) is 1. The molecule has 3 aromatic carbocycles. The SMILES string of the molecule is O=C(NC(C(=O)NCc1ccccc1CN1CCCC1)c1ccccc1)c1ccccc1. The highest BCUT2D eigenvalue weighted by atomic mass is 16.2. The van der Waals surface area contributed by atoms with Crippen molar-refractivity contribution in [2.45, 2.75) is 32.0 Å². The predicted molar refractivity (Wildman–Crippen MR) is 126 cm³/mol. The van der Waals surface area contributed by atoms with E-state index >= 15 is 0 Å². The van der Waals surface area contributed by atoms with Crippen LogP contribution in [0.15, 0.2) is 84.9 Å². The molecule has 1 saturated heterocycles. The topological polar surface area (TPSA) is 61.4 Å². The molecule has 1 fully saturated rings. The molecule has 164 valence electrons. The van der Waals surface area contributed by atoms with Gasteiger partial charge in [0.05, 0.1) is 0 Å². The summed E-state index contributed by atoms with van der Waals surface area (Å²) in [5.41, 5.74) is 3.62. The Labute approximate surface area is 189 Å². The van der Waals surface area contributed by atoms with Crippen LogP contribution < -0.4 is 10.6 Å². The molecule has 32 heavy (non-hydrogen) atoms. The first-order valence-corrected chi connectivity index (χ1v) is 11.2. The zero-order chi connectivity index (χ0) is 22.2. The lowest BCUT2D eigenvalue weighted by Crippen LogP contribution is -2.40. The van der Waals surface area contributed by atoms with Gasteiger partial charge in [0.2, 0.25) is 5.91 Å². The molecule has 5 nitrogen and oxygen atoms in total. The normalized spacial score (nSPS) is 14.6. The van der Waals surface area contributed by atoms with Crippen molar-refractivity contribution in [1.29, 1.82) is 0 Å². The average molecular weight is 428 g/mol. The number of hydrogen-bond donors (Lipinski definition) is 2. The van der Waals surface area contributed by atoms with Gasteiger partial charge in [0.1, 0.15) is 6.04 Å². The summed E-state index contributed by atoms with van der Waals surface area (Å²) in [4.78, 5) is 28.4. The van der Waals surface area contributed by atoms with E-state index in [1.807, 2.05) is 60.7 Å². The number of nitrogens with one attached hydrogen (secondary N) is 2. The second-order valence-corrected chi connectivity index (χ2v) is 8.15. The van der Waals surface area contributed by atoms with E-state index in [-0.39, 0.29) is 11.8 Å². The number of rotatable bonds is 8. The van der Waals surface area contributed by atoms with E-state index in [1.54, 1.807) is 12.1 Å². The fraction of sp³-hybridized carbons (Fsp3) is 0.259. The van der Waals surface area contributed by atoms with Gasteiger partial charge < -0.3 is 10.6 Å². The molecule has 2 amide bonds. The van der Waals surface area contributed by atoms with Crippen molar-refractivity contribution >= 4 is 11.8 Å². The highest BCUT2D eigenvalue weighted by molar-refractivity contribution is 5.97. The molecule has 1 aliphatic heterocycles. The van der Waals surface area contributed by atoms with Crippen molar-refractivity contribution < 1.29 is 9.59 Å². The summed E-state index contributed by atoms with van der Waals surface area (Å²) in [6, 6.07) is 25.8. The third-order valence-electron chi connectivity index (χ3n) is 5.87. The standard InChI is InChI=1S/C27H29N3O2/c31-26(22-13-5-2-6-14-22)29-25(21-11-3-1-4-12-21)27(32)28-19-23-15-7-8-16-24(23)20-30-17-9-10-18-30/h1-8,11-16,25H,9-10,17-20H2,(H,28,32)(H,29,31). The summed E-state index contributed by atoms with van der Waals surface area (Å²) < 4.78 is 0. The molecular weight excluding hydrogens is 398 g/mol. The molecular formula is C27H29N3O2. The van der Waals surface area contributed by atoms with Gasteiger partial charge >= 0.3 is 0 Å². The predicted octanol–water partition coefficient (Wildman–Crippen LogP) is 4.07. The maximum absolute atomic E-state index is 13.2. The number of benzene rings is 3. The van der Waals surface area contributed by atoms with Crippen LogP contribution in [-0.2, 0) is 17.9 Å². The van der Waals surface area contributed by atoms with Crippen LogP contribution >= 0.6 is 0 Å². The molecule has 3 aromatic rings. The Morgan fingerprint density at radius 2 is 1.38 bits per heavy atom. The number of nitrogens with zero attached hydrogens (tertiary/aromatic N) is 1. The van der Waals surface area contributed by atoms with Gasteiger partial charge in [0.15, 0.2) is 0 Å². The van der Waals surface area contributed by atoms with E-state index in [1.165, 1.54) is 18.4 Å². The largest absolute Gasteiger partial charge is 0.350 e. The summed E-state index contributed by atoms with van der Waals surface area (Å²) in [5, 5.41) is 5.95. The van der Waals surface area contributed by atoms with Crippen molar-refractivity contribution in [2.75, 3.05) is 13.1 Å². The molecule has 1 unspecified atom stereocenters. The van der Waals surface area contributed by atoms with Crippen molar-refractivity contribution in [3.8, 4) is 0 Å². The summed E-state index contributed by atoms with van der Waals surface area (Å²) in [6.07, 6.45) is 2.50. The van der Waals surface area contributed by atoms with E-state index in [0.717, 1.165) is 30.8 Å². The third kappa shape index (κ3) is 5.62. The Balaban J connectivity index is 1.47. The smallest absolute Gasteiger partial charge is 0.252 e. The van der Waals surface area contributed by atoms with Gasteiger partial charge in [-0.1, -0.05) is 72.8 Å². The molecule has 4 rings (SSSR count). The minimum atomic E-state index is -0.769. The van der Waals surface area contributed by atoms with Crippen LogP contribution in [0, 0.1) is 0 Å². The highest BCUT2D eigenvalue weighted by Gasteiger charge is 2.23. The van der Waals surface area contributed by atoms with Crippen LogP contribution in [0.2, 0.25) is 0 Å². The van der Waals surface area contributed by atoms with Crippen molar-refractivity contribution in [3.63, 3.8) is 0 Å². The molecule has 0 bridgehead atoms. The van der Waals surface area contributed by atoms with Gasteiger partial charge in [-0.15, -0.1) is 0 Å². The Kier molecular flexibility index (Phi) is 7.31. The lowest BCUT2D eigenvalue weighted by Gasteiger charge is -2.21. The minimum absolute atomic E-state index is 0.226. The fourth-order valence-corrected chi connectivity index (χ4v) is 4.10. The Hall–Kier alpha value is -3.44. The second-order valence-electron chi connectivity index (χ2n) is 8.15. The first-order chi connectivity index (χ1) is 15.7. The van der Waals surface area contributed by atoms with Gasteiger partial charge in [0, 0.05) is 18.7 Å². The van der Waals surface area contributed by atoms with Crippen LogP contribution in [0.25, 0.3) is 0 Å². The molecule has 2 N–H and O–H groups in total. The second kappa shape index (κ2) is 10.7.